The SMILES string of the molecule is OC(C1=CCCCC1)c1c(F)cccc1Cl. The topological polar surface area (TPSA) is 20.2 Å². The number of benzene rings is 1. The second kappa shape index (κ2) is 4.98. The van der Waals surface area contributed by atoms with Gasteiger partial charge in [0.05, 0.1) is 0 Å². The number of halogens is 2. The van der Waals surface area contributed by atoms with Gasteiger partial charge in [0.15, 0.2) is 0 Å². The number of aliphatic hydroxyl groups excluding tert-OH is 1. The molecule has 3 heteroatoms. The molecule has 1 aromatic carbocycles. The summed E-state index contributed by atoms with van der Waals surface area (Å²) in [7, 11) is 0. The standard InChI is InChI=1S/C13H14ClFO/c14-10-7-4-8-11(15)12(10)13(16)9-5-2-1-3-6-9/h4-5,7-8,13,16H,1-3,6H2. The van der Waals surface area contributed by atoms with E-state index < -0.39 is 11.9 Å². The summed E-state index contributed by atoms with van der Waals surface area (Å²) in [4.78, 5) is 0. The molecular weight excluding hydrogens is 227 g/mol. The van der Waals surface area contributed by atoms with Crippen LogP contribution in [0.2, 0.25) is 5.02 Å². The van der Waals surface area contributed by atoms with E-state index in [0.29, 0.717) is 5.02 Å². The molecule has 0 radical (unpaired) electrons. The molecule has 0 spiro atoms. The minimum atomic E-state index is -0.894. The third-order valence-electron chi connectivity index (χ3n) is 2.95. The Morgan fingerprint density at radius 1 is 1.31 bits per heavy atom. The number of hydrogen-bond donors (Lipinski definition) is 1. The minimum absolute atomic E-state index is 0.206. The molecule has 1 aromatic rings. The van der Waals surface area contributed by atoms with Crippen LogP contribution in [0.5, 0.6) is 0 Å². The molecule has 0 aromatic heterocycles. The van der Waals surface area contributed by atoms with Crippen molar-refractivity contribution in [1.29, 1.82) is 0 Å². The molecular formula is C13H14ClFO. The van der Waals surface area contributed by atoms with Crippen molar-refractivity contribution >= 4 is 11.6 Å². The van der Waals surface area contributed by atoms with Gasteiger partial charge in [0, 0.05) is 10.6 Å². The van der Waals surface area contributed by atoms with Crippen LogP contribution in [-0.2, 0) is 0 Å². The molecule has 16 heavy (non-hydrogen) atoms. The maximum Gasteiger partial charge on any atom is 0.130 e. The van der Waals surface area contributed by atoms with Gasteiger partial charge >= 0.3 is 0 Å². The molecule has 0 bridgehead atoms. The summed E-state index contributed by atoms with van der Waals surface area (Å²) in [6.45, 7) is 0. The van der Waals surface area contributed by atoms with Crippen LogP contribution in [0.25, 0.3) is 0 Å². The maximum absolute atomic E-state index is 13.6. The Hall–Kier alpha value is -0.860. The zero-order valence-corrected chi connectivity index (χ0v) is 9.67. The van der Waals surface area contributed by atoms with Crippen LogP contribution in [0.4, 0.5) is 4.39 Å². The van der Waals surface area contributed by atoms with Crippen LogP contribution < -0.4 is 0 Å². The van der Waals surface area contributed by atoms with Crippen molar-refractivity contribution in [3.05, 3.63) is 46.3 Å². The molecule has 0 saturated carbocycles. The molecule has 1 aliphatic carbocycles. The zero-order chi connectivity index (χ0) is 11.5. The van der Waals surface area contributed by atoms with Crippen molar-refractivity contribution in [2.24, 2.45) is 0 Å². The Morgan fingerprint density at radius 2 is 2.12 bits per heavy atom. The number of aliphatic hydroxyl groups is 1. The molecule has 0 heterocycles. The van der Waals surface area contributed by atoms with E-state index in [-0.39, 0.29) is 5.56 Å². The van der Waals surface area contributed by atoms with Gasteiger partial charge in [-0.15, -0.1) is 0 Å². The fourth-order valence-electron chi connectivity index (χ4n) is 2.07. The highest BCUT2D eigenvalue weighted by Crippen LogP contribution is 2.34. The molecule has 2 rings (SSSR count). The van der Waals surface area contributed by atoms with E-state index in [2.05, 4.69) is 0 Å². The van der Waals surface area contributed by atoms with Crippen LogP contribution in [0.1, 0.15) is 37.4 Å². The molecule has 0 fully saturated rings. The average Bonchev–Trinajstić information content (AvgIpc) is 2.30. The summed E-state index contributed by atoms with van der Waals surface area (Å²) in [5.74, 6) is -0.438. The quantitative estimate of drug-likeness (QED) is 0.775. The van der Waals surface area contributed by atoms with Crippen molar-refractivity contribution in [2.45, 2.75) is 31.8 Å². The Balaban J connectivity index is 2.33. The molecule has 1 atom stereocenters. The van der Waals surface area contributed by atoms with Gasteiger partial charge in [-0.25, -0.2) is 4.39 Å². The maximum atomic E-state index is 13.6. The lowest BCUT2D eigenvalue weighted by Crippen LogP contribution is -2.07. The van der Waals surface area contributed by atoms with E-state index in [1.165, 1.54) is 6.07 Å². The Labute approximate surface area is 99.6 Å². The largest absolute Gasteiger partial charge is 0.384 e. The predicted molar refractivity (Wildman–Crippen MR) is 62.9 cm³/mol. The van der Waals surface area contributed by atoms with Crippen LogP contribution in [0.15, 0.2) is 29.8 Å². The fraction of sp³-hybridized carbons (Fsp3) is 0.385. The van der Waals surface area contributed by atoms with Crippen LogP contribution in [0, 0.1) is 5.82 Å². The highest BCUT2D eigenvalue weighted by atomic mass is 35.5. The molecule has 1 nitrogen and oxygen atoms in total. The van der Waals surface area contributed by atoms with E-state index >= 15 is 0 Å². The monoisotopic (exact) mass is 240 g/mol. The Kier molecular flexibility index (Phi) is 3.62. The highest BCUT2D eigenvalue weighted by molar-refractivity contribution is 6.31. The first-order valence-electron chi connectivity index (χ1n) is 5.51. The first-order valence-corrected chi connectivity index (χ1v) is 5.89. The molecule has 1 unspecified atom stereocenters. The van der Waals surface area contributed by atoms with Crippen LogP contribution in [0.3, 0.4) is 0 Å². The number of rotatable bonds is 2. The lowest BCUT2D eigenvalue weighted by atomic mass is 9.91. The van der Waals surface area contributed by atoms with Gasteiger partial charge in [0.25, 0.3) is 0 Å². The van der Waals surface area contributed by atoms with E-state index in [9.17, 15) is 9.50 Å². The van der Waals surface area contributed by atoms with Crippen LogP contribution >= 0.6 is 11.6 Å². The normalized spacial score (nSPS) is 18.1. The van der Waals surface area contributed by atoms with Crippen molar-refractivity contribution in [3.8, 4) is 0 Å². The van der Waals surface area contributed by atoms with Crippen LogP contribution in [-0.4, -0.2) is 5.11 Å². The average molecular weight is 241 g/mol. The summed E-state index contributed by atoms with van der Waals surface area (Å²) in [5, 5.41) is 10.4. The third-order valence-corrected chi connectivity index (χ3v) is 3.28. The Bertz CT molecular complexity index is 394. The molecule has 0 amide bonds. The van der Waals surface area contributed by atoms with Crippen molar-refractivity contribution in [3.63, 3.8) is 0 Å². The van der Waals surface area contributed by atoms with Gasteiger partial charge < -0.3 is 5.11 Å². The van der Waals surface area contributed by atoms with E-state index in [0.717, 1.165) is 31.3 Å². The van der Waals surface area contributed by atoms with E-state index in [4.69, 9.17) is 11.6 Å². The summed E-state index contributed by atoms with van der Waals surface area (Å²) < 4.78 is 13.6. The Morgan fingerprint density at radius 3 is 2.75 bits per heavy atom. The lowest BCUT2D eigenvalue weighted by Gasteiger charge is -2.20. The van der Waals surface area contributed by atoms with E-state index in [1.807, 2.05) is 6.08 Å². The molecule has 86 valence electrons. The third kappa shape index (κ3) is 2.28. The van der Waals surface area contributed by atoms with Gasteiger partial charge in [0.1, 0.15) is 11.9 Å². The van der Waals surface area contributed by atoms with Gasteiger partial charge in [-0.05, 0) is 43.4 Å². The summed E-state index contributed by atoms with van der Waals surface area (Å²) >= 11 is 5.92. The van der Waals surface area contributed by atoms with Gasteiger partial charge in [-0.1, -0.05) is 23.7 Å². The second-order valence-electron chi connectivity index (χ2n) is 4.06. The number of allylic oxidation sites excluding steroid dienone is 1. The fourth-order valence-corrected chi connectivity index (χ4v) is 2.34. The van der Waals surface area contributed by atoms with E-state index in [1.54, 1.807) is 12.1 Å². The minimum Gasteiger partial charge on any atom is -0.384 e. The summed E-state index contributed by atoms with van der Waals surface area (Å²) in [6.07, 6.45) is 5.08. The predicted octanol–water partition coefficient (Wildman–Crippen LogP) is 4.01. The van der Waals surface area contributed by atoms with Crippen molar-refractivity contribution in [1.82, 2.24) is 0 Å². The first kappa shape index (κ1) is 11.6. The van der Waals surface area contributed by atoms with Gasteiger partial charge in [0.2, 0.25) is 0 Å². The van der Waals surface area contributed by atoms with Crippen molar-refractivity contribution < 1.29 is 9.50 Å². The zero-order valence-electron chi connectivity index (χ0n) is 8.92. The molecule has 1 aliphatic rings. The molecule has 0 aliphatic heterocycles. The van der Waals surface area contributed by atoms with Gasteiger partial charge in [-0.2, -0.15) is 0 Å². The summed E-state index contributed by atoms with van der Waals surface area (Å²) in [5.41, 5.74) is 1.09. The lowest BCUT2D eigenvalue weighted by molar-refractivity contribution is 0.203. The number of hydrogen-bond acceptors (Lipinski definition) is 1. The second-order valence-corrected chi connectivity index (χ2v) is 4.47. The molecule has 0 saturated heterocycles. The first-order chi connectivity index (χ1) is 7.70. The smallest absolute Gasteiger partial charge is 0.130 e. The van der Waals surface area contributed by atoms with Gasteiger partial charge in [-0.3, -0.25) is 0 Å². The highest BCUT2D eigenvalue weighted by Gasteiger charge is 2.21. The summed E-state index contributed by atoms with van der Waals surface area (Å²) in [6, 6.07) is 4.48. The van der Waals surface area contributed by atoms with Crippen molar-refractivity contribution in [2.75, 3.05) is 0 Å². The molecule has 1 N–H and O–H groups in total.